The van der Waals surface area contributed by atoms with Crippen LogP contribution in [0, 0.1) is 5.92 Å². The number of morpholine rings is 1. The van der Waals surface area contributed by atoms with E-state index in [9.17, 15) is 9.59 Å². The number of hydrogen-bond acceptors (Lipinski definition) is 5. The second-order valence-corrected chi connectivity index (χ2v) is 6.87. The number of halogens is 3. The molecule has 1 aromatic heterocycles. The van der Waals surface area contributed by atoms with Gasteiger partial charge in [-0.05, 0) is 25.0 Å². The summed E-state index contributed by atoms with van der Waals surface area (Å²) >= 11 is 5.79. The van der Waals surface area contributed by atoms with Crippen molar-refractivity contribution in [1.29, 1.82) is 0 Å². The molecule has 0 bridgehead atoms. The third-order valence-electron chi connectivity index (χ3n) is 4.62. The van der Waals surface area contributed by atoms with Crippen LogP contribution in [0.25, 0.3) is 0 Å². The van der Waals surface area contributed by atoms with E-state index in [1.807, 2.05) is 4.90 Å². The average molecular weight is 440 g/mol. The maximum atomic E-state index is 12.4. The minimum absolute atomic E-state index is 0. The van der Waals surface area contributed by atoms with E-state index in [0.29, 0.717) is 56.4 Å². The Labute approximate surface area is 176 Å². The van der Waals surface area contributed by atoms with E-state index in [4.69, 9.17) is 16.3 Å². The molecule has 3 rings (SSSR count). The van der Waals surface area contributed by atoms with Gasteiger partial charge in [-0.3, -0.25) is 9.59 Å². The lowest BCUT2D eigenvalue weighted by Crippen LogP contribution is -2.47. The molecular weight excluding hydrogens is 415 g/mol. The van der Waals surface area contributed by atoms with Crippen molar-refractivity contribution < 1.29 is 14.3 Å². The van der Waals surface area contributed by atoms with Gasteiger partial charge in [0.15, 0.2) is 0 Å². The molecule has 27 heavy (non-hydrogen) atoms. The topological polar surface area (TPSA) is 83.6 Å². The summed E-state index contributed by atoms with van der Waals surface area (Å²) in [5.41, 5.74) is 0. The molecule has 152 valence electrons. The minimum Gasteiger partial charge on any atom is -0.378 e. The van der Waals surface area contributed by atoms with Gasteiger partial charge in [-0.25, -0.2) is 4.98 Å². The molecule has 2 aliphatic rings. The minimum atomic E-state index is -0.0994. The van der Waals surface area contributed by atoms with Crippen LogP contribution in [-0.4, -0.2) is 60.6 Å². The highest BCUT2D eigenvalue weighted by molar-refractivity contribution is 6.30. The van der Waals surface area contributed by atoms with Crippen molar-refractivity contribution >= 4 is 54.0 Å². The molecule has 2 amide bonds. The average Bonchev–Trinajstić information content (AvgIpc) is 2.64. The number of carbonyl (C=O) groups is 2. The third-order valence-corrected chi connectivity index (χ3v) is 4.84. The molecule has 0 aliphatic carbocycles. The van der Waals surface area contributed by atoms with Crippen LogP contribution in [0.4, 0.5) is 5.82 Å². The number of likely N-dealkylation sites (tertiary alicyclic amines) is 1. The van der Waals surface area contributed by atoms with Gasteiger partial charge in [0.25, 0.3) is 0 Å². The Bertz CT molecular complexity index is 604. The predicted molar refractivity (Wildman–Crippen MR) is 109 cm³/mol. The summed E-state index contributed by atoms with van der Waals surface area (Å²) in [6, 6.07) is 3.46. The zero-order valence-corrected chi connectivity index (χ0v) is 17.2. The number of rotatable bonds is 4. The summed E-state index contributed by atoms with van der Waals surface area (Å²) < 4.78 is 5.38. The summed E-state index contributed by atoms with van der Waals surface area (Å²) in [5.74, 6) is 0.472. The molecule has 2 aliphatic heterocycles. The van der Waals surface area contributed by atoms with E-state index < -0.39 is 0 Å². The van der Waals surface area contributed by atoms with Crippen molar-refractivity contribution in [3.8, 4) is 0 Å². The van der Waals surface area contributed by atoms with Crippen LogP contribution >= 0.6 is 36.4 Å². The van der Waals surface area contributed by atoms with Crippen LogP contribution in [0.15, 0.2) is 18.3 Å². The largest absolute Gasteiger partial charge is 0.378 e. The molecule has 0 saturated carbocycles. The first kappa shape index (κ1) is 23.9. The molecule has 0 spiro atoms. The molecule has 3 heterocycles. The van der Waals surface area contributed by atoms with Crippen molar-refractivity contribution in [2.45, 2.75) is 25.3 Å². The Morgan fingerprint density at radius 3 is 2.63 bits per heavy atom. The van der Waals surface area contributed by atoms with E-state index in [2.05, 4.69) is 15.6 Å². The number of nitrogens with zero attached hydrogens (tertiary/aromatic N) is 2. The molecule has 2 saturated heterocycles. The summed E-state index contributed by atoms with van der Waals surface area (Å²) in [4.78, 5) is 30.6. The third kappa shape index (κ3) is 7.08. The zero-order chi connectivity index (χ0) is 17.6. The summed E-state index contributed by atoms with van der Waals surface area (Å²) in [6.07, 6.45) is 3.28. The van der Waals surface area contributed by atoms with Gasteiger partial charge >= 0.3 is 0 Å². The first-order chi connectivity index (χ1) is 12.1. The summed E-state index contributed by atoms with van der Waals surface area (Å²) in [6.45, 7) is 3.29. The van der Waals surface area contributed by atoms with Crippen LogP contribution in [-0.2, 0) is 14.3 Å². The highest BCUT2D eigenvalue weighted by Crippen LogP contribution is 2.20. The van der Waals surface area contributed by atoms with Crippen molar-refractivity contribution in [1.82, 2.24) is 15.2 Å². The van der Waals surface area contributed by atoms with Crippen molar-refractivity contribution in [3.05, 3.63) is 23.4 Å². The number of anilines is 1. The highest BCUT2D eigenvalue weighted by Gasteiger charge is 2.29. The first-order valence-electron chi connectivity index (χ1n) is 8.63. The lowest BCUT2D eigenvalue weighted by molar-refractivity contribution is -0.135. The number of amides is 2. The molecular formula is C17H25Cl3N4O3. The molecule has 10 heteroatoms. The molecule has 0 aromatic carbocycles. The van der Waals surface area contributed by atoms with Crippen LogP contribution in [0.3, 0.4) is 0 Å². The highest BCUT2D eigenvalue weighted by atomic mass is 35.5. The van der Waals surface area contributed by atoms with E-state index in [1.165, 1.54) is 6.20 Å². The van der Waals surface area contributed by atoms with Gasteiger partial charge in [0.2, 0.25) is 11.8 Å². The molecule has 1 unspecified atom stereocenters. The maximum absolute atomic E-state index is 12.4. The molecule has 2 fully saturated rings. The lowest BCUT2D eigenvalue weighted by Gasteiger charge is -2.33. The van der Waals surface area contributed by atoms with E-state index in [-0.39, 0.29) is 48.6 Å². The van der Waals surface area contributed by atoms with E-state index in [0.717, 1.165) is 6.54 Å². The molecule has 7 nitrogen and oxygen atoms in total. The molecule has 1 aromatic rings. The Morgan fingerprint density at radius 2 is 2.04 bits per heavy atom. The number of pyridine rings is 1. The van der Waals surface area contributed by atoms with Gasteiger partial charge < -0.3 is 20.3 Å². The normalized spacial score (nSPS) is 20.2. The van der Waals surface area contributed by atoms with E-state index >= 15 is 0 Å². The summed E-state index contributed by atoms with van der Waals surface area (Å²) in [7, 11) is 0. The Morgan fingerprint density at radius 1 is 1.30 bits per heavy atom. The first-order valence-corrected chi connectivity index (χ1v) is 9.01. The monoisotopic (exact) mass is 438 g/mol. The molecule has 1 atom stereocenters. The zero-order valence-electron chi connectivity index (χ0n) is 14.9. The van der Waals surface area contributed by atoms with Gasteiger partial charge in [0.1, 0.15) is 5.82 Å². The Balaban J connectivity index is 0.00000182. The predicted octanol–water partition coefficient (Wildman–Crippen LogP) is 2.13. The lowest BCUT2D eigenvalue weighted by atomic mass is 9.95. The molecule has 2 N–H and O–H groups in total. The molecule has 0 radical (unpaired) electrons. The van der Waals surface area contributed by atoms with Crippen LogP contribution in [0.2, 0.25) is 5.02 Å². The van der Waals surface area contributed by atoms with Crippen molar-refractivity contribution in [2.75, 3.05) is 38.2 Å². The van der Waals surface area contributed by atoms with Gasteiger partial charge in [0.05, 0.1) is 18.2 Å². The number of carbonyl (C=O) groups excluding carboxylic acids is 2. The quantitative estimate of drug-likeness (QED) is 0.751. The SMILES string of the molecule is Cl.Cl.O=C(Nc1ccc(Cl)cn1)C1CCN(C(=O)CC2COCCN2)CC1. The van der Waals surface area contributed by atoms with Crippen molar-refractivity contribution in [2.24, 2.45) is 5.92 Å². The van der Waals surface area contributed by atoms with Gasteiger partial charge in [-0.1, -0.05) is 11.6 Å². The second-order valence-electron chi connectivity index (χ2n) is 6.44. The smallest absolute Gasteiger partial charge is 0.228 e. The van der Waals surface area contributed by atoms with Crippen LogP contribution < -0.4 is 10.6 Å². The number of nitrogens with one attached hydrogen (secondary N) is 2. The van der Waals surface area contributed by atoms with Crippen molar-refractivity contribution in [3.63, 3.8) is 0 Å². The Hall–Kier alpha value is -1.12. The Kier molecular flexibility index (Phi) is 10.3. The summed E-state index contributed by atoms with van der Waals surface area (Å²) in [5, 5.41) is 6.63. The van der Waals surface area contributed by atoms with Crippen LogP contribution in [0.5, 0.6) is 0 Å². The van der Waals surface area contributed by atoms with Gasteiger partial charge in [-0.15, -0.1) is 24.8 Å². The van der Waals surface area contributed by atoms with Gasteiger partial charge in [-0.2, -0.15) is 0 Å². The number of piperidine rings is 1. The number of ether oxygens (including phenoxy) is 1. The fourth-order valence-corrected chi connectivity index (χ4v) is 3.27. The van der Waals surface area contributed by atoms with Gasteiger partial charge in [0, 0.05) is 44.2 Å². The fourth-order valence-electron chi connectivity index (χ4n) is 3.16. The number of aromatic nitrogens is 1. The maximum Gasteiger partial charge on any atom is 0.228 e. The standard InChI is InChI=1S/C17H23ClN4O3.2ClH/c18-13-1-2-15(20-10-13)21-17(24)12-3-6-22(7-4-12)16(23)9-14-11-25-8-5-19-14;;/h1-2,10,12,14,19H,3-9,11H2,(H,20,21,24);2*1H. The van der Waals surface area contributed by atoms with Crippen LogP contribution in [0.1, 0.15) is 19.3 Å². The fraction of sp³-hybridized carbons (Fsp3) is 0.588. The van der Waals surface area contributed by atoms with E-state index in [1.54, 1.807) is 12.1 Å². The second kappa shape index (κ2) is 11.7. The number of hydrogen-bond donors (Lipinski definition) is 2.